The molecule has 0 saturated carbocycles. The molecule has 0 bridgehead atoms. The van der Waals surface area contributed by atoms with E-state index < -0.39 is 0 Å². The van der Waals surface area contributed by atoms with E-state index in [1.54, 1.807) is 36.6 Å². The third kappa shape index (κ3) is 3.77. The summed E-state index contributed by atoms with van der Waals surface area (Å²) in [4.78, 5) is 9.67. The van der Waals surface area contributed by atoms with Crippen molar-refractivity contribution < 1.29 is 9.84 Å². The third-order valence-electron chi connectivity index (χ3n) is 4.66. The molecule has 0 spiro atoms. The smallest absolute Gasteiger partial charge is 0.159 e. The standard InChI is InChI=1S/C22H20N4O2S/c1-13-4-6-15(7-5-13)18-11-29-22-20(18)21(23-12-24-22)26-25-14(2)17-9-8-16(28-3)10-19(17)27/h4-12,27H,1-3H3,(H,23,24,26)/b25-14+. The van der Waals surface area contributed by atoms with Crippen LogP contribution in [0.2, 0.25) is 0 Å². The summed E-state index contributed by atoms with van der Waals surface area (Å²) in [5, 5.41) is 17.7. The van der Waals surface area contributed by atoms with Crippen molar-refractivity contribution in [2.75, 3.05) is 12.5 Å². The van der Waals surface area contributed by atoms with Gasteiger partial charge in [-0.05, 0) is 31.5 Å². The van der Waals surface area contributed by atoms with Gasteiger partial charge in [-0.15, -0.1) is 11.3 Å². The van der Waals surface area contributed by atoms with Gasteiger partial charge in [-0.1, -0.05) is 29.8 Å². The Morgan fingerprint density at radius 1 is 1.14 bits per heavy atom. The van der Waals surface area contributed by atoms with Gasteiger partial charge in [-0.2, -0.15) is 5.10 Å². The number of nitrogens with zero attached hydrogens (tertiary/aromatic N) is 3. The van der Waals surface area contributed by atoms with Gasteiger partial charge in [0.1, 0.15) is 22.7 Å². The van der Waals surface area contributed by atoms with E-state index >= 15 is 0 Å². The van der Waals surface area contributed by atoms with Crippen LogP contribution in [0.15, 0.2) is 59.3 Å². The van der Waals surface area contributed by atoms with Crippen LogP contribution in [0.25, 0.3) is 21.3 Å². The predicted molar refractivity (Wildman–Crippen MR) is 118 cm³/mol. The number of hydrogen-bond acceptors (Lipinski definition) is 7. The summed E-state index contributed by atoms with van der Waals surface area (Å²) >= 11 is 1.57. The van der Waals surface area contributed by atoms with Crippen molar-refractivity contribution in [3.8, 4) is 22.6 Å². The number of benzene rings is 2. The number of aromatic hydroxyl groups is 1. The minimum atomic E-state index is 0.108. The summed E-state index contributed by atoms with van der Waals surface area (Å²) in [6, 6.07) is 13.5. The maximum Gasteiger partial charge on any atom is 0.159 e. The first-order valence-electron chi connectivity index (χ1n) is 9.03. The zero-order valence-corrected chi connectivity index (χ0v) is 17.1. The van der Waals surface area contributed by atoms with Crippen LogP contribution < -0.4 is 10.2 Å². The lowest BCUT2D eigenvalue weighted by atomic mass is 10.0. The van der Waals surface area contributed by atoms with Crippen LogP contribution in [-0.2, 0) is 0 Å². The van der Waals surface area contributed by atoms with Crippen molar-refractivity contribution in [1.29, 1.82) is 0 Å². The van der Waals surface area contributed by atoms with Crippen molar-refractivity contribution in [2.45, 2.75) is 13.8 Å². The molecule has 2 heterocycles. The topological polar surface area (TPSA) is 79.6 Å². The largest absolute Gasteiger partial charge is 0.507 e. The highest BCUT2D eigenvalue weighted by Gasteiger charge is 2.13. The molecule has 4 rings (SSSR count). The Kier molecular flexibility index (Phi) is 5.14. The molecule has 0 unspecified atom stereocenters. The summed E-state index contributed by atoms with van der Waals surface area (Å²) in [5.74, 6) is 1.32. The Bertz CT molecular complexity index is 1200. The highest BCUT2D eigenvalue weighted by molar-refractivity contribution is 7.17. The number of nitrogens with one attached hydrogen (secondary N) is 1. The number of aromatic nitrogens is 2. The highest BCUT2D eigenvalue weighted by atomic mass is 32.1. The van der Waals surface area contributed by atoms with Crippen molar-refractivity contribution >= 4 is 33.1 Å². The minimum Gasteiger partial charge on any atom is -0.507 e. The summed E-state index contributed by atoms with van der Waals surface area (Å²) < 4.78 is 5.13. The monoisotopic (exact) mass is 404 g/mol. The zero-order valence-electron chi connectivity index (χ0n) is 16.3. The number of anilines is 1. The molecular formula is C22H20N4O2S. The molecular weight excluding hydrogens is 384 g/mol. The predicted octanol–water partition coefficient (Wildman–Crippen LogP) is 5.22. The Balaban J connectivity index is 1.70. The van der Waals surface area contributed by atoms with E-state index in [9.17, 15) is 5.11 Å². The molecule has 0 amide bonds. The van der Waals surface area contributed by atoms with Crippen LogP contribution in [0.3, 0.4) is 0 Å². The maximum absolute atomic E-state index is 10.2. The van der Waals surface area contributed by atoms with E-state index in [2.05, 4.69) is 57.1 Å². The lowest BCUT2D eigenvalue weighted by Crippen LogP contribution is -2.02. The Morgan fingerprint density at radius 3 is 2.66 bits per heavy atom. The first-order valence-corrected chi connectivity index (χ1v) is 9.91. The van der Waals surface area contributed by atoms with Gasteiger partial charge in [0, 0.05) is 22.6 Å². The van der Waals surface area contributed by atoms with E-state index in [-0.39, 0.29) is 5.75 Å². The number of hydrazone groups is 1. The fourth-order valence-corrected chi connectivity index (χ4v) is 3.96. The normalized spacial score (nSPS) is 11.6. The number of thiophene rings is 1. The number of methoxy groups -OCH3 is 1. The van der Waals surface area contributed by atoms with Gasteiger partial charge in [0.05, 0.1) is 18.2 Å². The van der Waals surface area contributed by atoms with E-state index in [1.807, 2.05) is 6.92 Å². The third-order valence-corrected chi connectivity index (χ3v) is 5.54. The fourth-order valence-electron chi connectivity index (χ4n) is 3.05. The Hall–Kier alpha value is -3.45. The summed E-state index contributed by atoms with van der Waals surface area (Å²) in [6.45, 7) is 3.89. The van der Waals surface area contributed by atoms with Crippen molar-refractivity contribution in [1.82, 2.24) is 9.97 Å². The minimum absolute atomic E-state index is 0.108. The molecule has 0 atom stereocenters. The molecule has 2 aromatic heterocycles. The molecule has 2 aromatic carbocycles. The molecule has 2 N–H and O–H groups in total. The number of phenols is 1. The van der Waals surface area contributed by atoms with E-state index in [0.29, 0.717) is 22.8 Å². The van der Waals surface area contributed by atoms with E-state index in [1.165, 1.54) is 11.9 Å². The summed E-state index contributed by atoms with van der Waals surface area (Å²) in [6.07, 6.45) is 1.52. The van der Waals surface area contributed by atoms with Gasteiger partial charge >= 0.3 is 0 Å². The first-order chi connectivity index (χ1) is 14.1. The Labute approximate surface area is 172 Å². The van der Waals surface area contributed by atoms with Crippen molar-refractivity contribution in [2.24, 2.45) is 5.10 Å². The van der Waals surface area contributed by atoms with Gasteiger partial charge < -0.3 is 9.84 Å². The lowest BCUT2D eigenvalue weighted by molar-refractivity contribution is 0.407. The molecule has 146 valence electrons. The molecule has 0 aliphatic carbocycles. The van der Waals surface area contributed by atoms with Crippen LogP contribution in [0, 0.1) is 6.92 Å². The highest BCUT2D eigenvalue weighted by Crippen LogP contribution is 2.36. The average molecular weight is 404 g/mol. The second-order valence-corrected chi connectivity index (χ2v) is 7.47. The van der Waals surface area contributed by atoms with Crippen LogP contribution >= 0.6 is 11.3 Å². The van der Waals surface area contributed by atoms with E-state index in [4.69, 9.17) is 4.74 Å². The lowest BCUT2D eigenvalue weighted by Gasteiger charge is -2.08. The zero-order chi connectivity index (χ0) is 20.4. The van der Waals surface area contributed by atoms with Gasteiger partial charge in [0.15, 0.2) is 5.82 Å². The van der Waals surface area contributed by atoms with Crippen LogP contribution in [0.4, 0.5) is 5.82 Å². The quantitative estimate of drug-likeness (QED) is 0.352. The van der Waals surface area contributed by atoms with Crippen LogP contribution in [0.5, 0.6) is 11.5 Å². The molecule has 6 nitrogen and oxygen atoms in total. The molecule has 0 saturated heterocycles. The second kappa shape index (κ2) is 7.89. The van der Waals surface area contributed by atoms with Gasteiger partial charge in [0.25, 0.3) is 0 Å². The summed E-state index contributed by atoms with van der Waals surface area (Å²) in [7, 11) is 1.56. The van der Waals surface area contributed by atoms with Crippen molar-refractivity contribution in [3.63, 3.8) is 0 Å². The van der Waals surface area contributed by atoms with Gasteiger partial charge in [-0.3, -0.25) is 5.43 Å². The van der Waals surface area contributed by atoms with Crippen molar-refractivity contribution in [3.05, 3.63) is 65.3 Å². The van der Waals surface area contributed by atoms with Gasteiger partial charge in [0.2, 0.25) is 0 Å². The SMILES string of the molecule is COc1ccc(/C(C)=N/Nc2ncnc3scc(-c4ccc(C)cc4)c23)c(O)c1. The molecule has 0 radical (unpaired) electrons. The molecule has 0 aliphatic heterocycles. The van der Waals surface area contributed by atoms with E-state index in [0.717, 1.165) is 21.3 Å². The van der Waals surface area contributed by atoms with Crippen LogP contribution in [0.1, 0.15) is 18.1 Å². The molecule has 29 heavy (non-hydrogen) atoms. The number of ether oxygens (including phenoxy) is 1. The number of fused-ring (bicyclic) bond motifs is 1. The maximum atomic E-state index is 10.2. The van der Waals surface area contributed by atoms with Gasteiger partial charge in [-0.25, -0.2) is 9.97 Å². The molecule has 0 aliphatic rings. The number of aryl methyl sites for hydroxylation is 1. The first kappa shape index (κ1) is 18.9. The molecule has 7 heteroatoms. The number of rotatable bonds is 5. The summed E-state index contributed by atoms with van der Waals surface area (Å²) in [5.41, 5.74) is 7.68. The number of phenolic OH excluding ortho intramolecular Hbond substituents is 1. The Morgan fingerprint density at radius 2 is 1.93 bits per heavy atom. The number of hydrogen-bond donors (Lipinski definition) is 2. The fraction of sp³-hybridized carbons (Fsp3) is 0.136. The second-order valence-electron chi connectivity index (χ2n) is 6.61. The molecule has 4 aromatic rings. The average Bonchev–Trinajstić information content (AvgIpc) is 3.17. The van der Waals surface area contributed by atoms with Crippen LogP contribution in [-0.4, -0.2) is 27.9 Å². The molecule has 0 fully saturated rings.